The van der Waals surface area contributed by atoms with Gasteiger partial charge in [-0.3, -0.25) is 9.59 Å². The van der Waals surface area contributed by atoms with Crippen LogP contribution in [0.3, 0.4) is 0 Å². The van der Waals surface area contributed by atoms with Gasteiger partial charge in [0.05, 0.1) is 11.8 Å². The molecule has 0 N–H and O–H groups in total. The van der Waals surface area contributed by atoms with Crippen molar-refractivity contribution in [3.05, 3.63) is 12.2 Å². The van der Waals surface area contributed by atoms with Crippen LogP contribution in [0.1, 0.15) is 13.3 Å². The fourth-order valence-electron chi connectivity index (χ4n) is 1.80. The lowest BCUT2D eigenvalue weighted by molar-refractivity contribution is -0.153. The van der Waals surface area contributed by atoms with Gasteiger partial charge in [-0.25, -0.2) is 0 Å². The first-order valence-electron chi connectivity index (χ1n) is 4.12. The van der Waals surface area contributed by atoms with Gasteiger partial charge in [-0.05, 0) is 12.3 Å². The van der Waals surface area contributed by atoms with Gasteiger partial charge in [0.25, 0.3) is 0 Å². The average molecular weight is 166 g/mol. The zero-order chi connectivity index (χ0) is 8.72. The fraction of sp³-hybridized carbons (Fsp3) is 0.556. The highest BCUT2D eigenvalue weighted by Crippen LogP contribution is 2.34. The number of carbonyl (C=O) groups excluding carboxylic acids is 2. The summed E-state index contributed by atoms with van der Waals surface area (Å²) in [6, 6.07) is 0. The molecule has 1 heterocycles. The van der Waals surface area contributed by atoms with Crippen LogP contribution in [0.15, 0.2) is 12.2 Å². The number of allylic oxidation sites excluding steroid dienone is 1. The Bertz CT molecular complexity index is 267. The molecule has 0 aromatic rings. The van der Waals surface area contributed by atoms with Crippen LogP contribution in [0.5, 0.6) is 0 Å². The number of cyclic esters (lactones) is 2. The van der Waals surface area contributed by atoms with Crippen LogP contribution in [0.25, 0.3) is 0 Å². The van der Waals surface area contributed by atoms with E-state index in [9.17, 15) is 9.59 Å². The number of carbonyl (C=O) groups is 2. The Morgan fingerprint density at radius 2 is 2.08 bits per heavy atom. The smallest absolute Gasteiger partial charge is 0.321 e. The van der Waals surface area contributed by atoms with E-state index in [2.05, 4.69) is 4.74 Å². The van der Waals surface area contributed by atoms with Crippen molar-refractivity contribution in [2.45, 2.75) is 13.3 Å². The second-order valence-electron chi connectivity index (χ2n) is 3.47. The molecule has 0 radical (unpaired) electrons. The van der Waals surface area contributed by atoms with Crippen molar-refractivity contribution in [3.8, 4) is 0 Å². The first-order valence-corrected chi connectivity index (χ1v) is 4.12. The monoisotopic (exact) mass is 166 g/mol. The maximum Gasteiger partial charge on any atom is 0.321 e. The molecular weight excluding hydrogens is 156 g/mol. The summed E-state index contributed by atoms with van der Waals surface area (Å²) < 4.78 is 4.53. The van der Waals surface area contributed by atoms with Gasteiger partial charge >= 0.3 is 11.9 Å². The average Bonchev–Trinajstić information content (AvgIpc) is 2.28. The molecule has 2 aliphatic rings. The summed E-state index contributed by atoms with van der Waals surface area (Å²) in [5, 5.41) is 0. The highest BCUT2D eigenvalue weighted by atomic mass is 16.6. The molecule has 0 saturated carbocycles. The molecule has 0 bridgehead atoms. The topological polar surface area (TPSA) is 43.4 Å². The summed E-state index contributed by atoms with van der Waals surface area (Å²) in [7, 11) is 0. The predicted molar refractivity (Wildman–Crippen MR) is 41.0 cm³/mol. The number of rotatable bonds is 0. The summed E-state index contributed by atoms with van der Waals surface area (Å²) in [5.74, 6) is -0.856. The van der Waals surface area contributed by atoms with E-state index in [-0.39, 0.29) is 23.8 Å². The van der Waals surface area contributed by atoms with Crippen LogP contribution in [0, 0.1) is 17.8 Å². The molecule has 1 fully saturated rings. The first-order chi connectivity index (χ1) is 5.68. The molecule has 0 spiro atoms. The fourth-order valence-corrected chi connectivity index (χ4v) is 1.80. The molecule has 3 nitrogen and oxygen atoms in total. The number of ether oxygens (including phenoxy) is 1. The van der Waals surface area contributed by atoms with Crippen molar-refractivity contribution in [2.24, 2.45) is 17.8 Å². The van der Waals surface area contributed by atoms with Gasteiger partial charge < -0.3 is 4.74 Å². The van der Waals surface area contributed by atoms with E-state index in [4.69, 9.17) is 0 Å². The number of esters is 2. The van der Waals surface area contributed by atoms with Crippen LogP contribution < -0.4 is 0 Å². The minimum atomic E-state index is -0.381. The van der Waals surface area contributed by atoms with E-state index < -0.39 is 0 Å². The van der Waals surface area contributed by atoms with E-state index in [1.165, 1.54) is 0 Å². The zero-order valence-electron chi connectivity index (χ0n) is 6.82. The normalized spacial score (nSPS) is 39.6. The number of hydrogen-bond donors (Lipinski definition) is 0. The number of hydrogen-bond acceptors (Lipinski definition) is 3. The molecule has 64 valence electrons. The Balaban J connectivity index is 2.29. The molecule has 0 aromatic carbocycles. The third-order valence-electron chi connectivity index (χ3n) is 2.48. The summed E-state index contributed by atoms with van der Waals surface area (Å²) >= 11 is 0. The molecular formula is C9H10O3. The summed E-state index contributed by atoms with van der Waals surface area (Å²) in [5.41, 5.74) is 0. The Kier molecular flexibility index (Phi) is 1.53. The van der Waals surface area contributed by atoms with Crippen molar-refractivity contribution >= 4 is 11.9 Å². The molecule has 0 aromatic heterocycles. The zero-order valence-corrected chi connectivity index (χ0v) is 6.82. The van der Waals surface area contributed by atoms with Crippen molar-refractivity contribution in [1.82, 2.24) is 0 Å². The molecule has 12 heavy (non-hydrogen) atoms. The molecule has 3 heteroatoms. The Hall–Kier alpha value is -1.12. The molecule has 0 unspecified atom stereocenters. The lowest BCUT2D eigenvalue weighted by Crippen LogP contribution is -2.21. The third-order valence-corrected chi connectivity index (χ3v) is 2.48. The van der Waals surface area contributed by atoms with E-state index >= 15 is 0 Å². The van der Waals surface area contributed by atoms with E-state index in [1.54, 1.807) is 6.08 Å². The third kappa shape index (κ3) is 0.967. The van der Waals surface area contributed by atoms with Crippen LogP contribution in [-0.4, -0.2) is 11.9 Å². The lowest BCUT2D eigenvalue weighted by atomic mass is 9.81. The van der Waals surface area contributed by atoms with Crippen LogP contribution in [0.2, 0.25) is 0 Å². The first kappa shape index (κ1) is 7.53. The van der Waals surface area contributed by atoms with Gasteiger partial charge in [0, 0.05) is 0 Å². The second kappa shape index (κ2) is 2.44. The van der Waals surface area contributed by atoms with Gasteiger partial charge in [-0.2, -0.15) is 0 Å². The second-order valence-corrected chi connectivity index (χ2v) is 3.47. The molecule has 1 saturated heterocycles. The largest absolute Gasteiger partial charge is 0.392 e. The van der Waals surface area contributed by atoms with Crippen LogP contribution in [-0.2, 0) is 14.3 Å². The summed E-state index contributed by atoms with van der Waals surface area (Å²) in [6.45, 7) is 2.03. The number of fused-ring (bicyclic) bond motifs is 1. The Morgan fingerprint density at radius 3 is 2.83 bits per heavy atom. The quantitative estimate of drug-likeness (QED) is 0.305. The van der Waals surface area contributed by atoms with Crippen molar-refractivity contribution in [3.63, 3.8) is 0 Å². The van der Waals surface area contributed by atoms with E-state index in [1.807, 2.05) is 13.0 Å². The molecule has 3 atom stereocenters. The molecule has 1 aliphatic heterocycles. The minimum absolute atomic E-state index is 0.211. The van der Waals surface area contributed by atoms with Gasteiger partial charge in [0.2, 0.25) is 0 Å². The predicted octanol–water partition coefficient (Wildman–Crippen LogP) is 0.898. The summed E-state index contributed by atoms with van der Waals surface area (Å²) in [6.07, 6.45) is 4.51. The van der Waals surface area contributed by atoms with E-state index in [0.29, 0.717) is 5.92 Å². The molecule has 0 amide bonds. The maximum atomic E-state index is 11.1. The van der Waals surface area contributed by atoms with E-state index in [0.717, 1.165) is 6.42 Å². The van der Waals surface area contributed by atoms with Gasteiger partial charge in [-0.15, -0.1) is 0 Å². The van der Waals surface area contributed by atoms with Gasteiger partial charge in [0.1, 0.15) is 0 Å². The Labute approximate surface area is 70.4 Å². The lowest BCUT2D eigenvalue weighted by Gasteiger charge is -2.18. The van der Waals surface area contributed by atoms with Crippen LogP contribution in [0.4, 0.5) is 0 Å². The van der Waals surface area contributed by atoms with Crippen LogP contribution >= 0.6 is 0 Å². The maximum absolute atomic E-state index is 11.1. The van der Waals surface area contributed by atoms with Crippen molar-refractivity contribution in [1.29, 1.82) is 0 Å². The molecule has 1 aliphatic carbocycles. The SMILES string of the molecule is C[C@H]1C=C[C@@H]2C(=O)OC(=O)[C@@H]2C1. The van der Waals surface area contributed by atoms with Gasteiger partial charge in [-0.1, -0.05) is 19.1 Å². The highest BCUT2D eigenvalue weighted by molar-refractivity contribution is 5.97. The van der Waals surface area contributed by atoms with Crippen molar-refractivity contribution < 1.29 is 14.3 Å². The highest BCUT2D eigenvalue weighted by Gasteiger charge is 2.44. The Morgan fingerprint density at radius 1 is 1.33 bits per heavy atom. The minimum Gasteiger partial charge on any atom is -0.392 e. The van der Waals surface area contributed by atoms with Gasteiger partial charge in [0.15, 0.2) is 0 Å². The summed E-state index contributed by atoms with van der Waals surface area (Å²) in [4.78, 5) is 22.1. The molecule has 2 rings (SSSR count). The van der Waals surface area contributed by atoms with Crippen molar-refractivity contribution in [2.75, 3.05) is 0 Å². The standard InChI is InChI=1S/C9H10O3/c1-5-2-3-6-7(4-5)9(11)12-8(6)10/h2-3,5-7H,4H2,1H3/t5-,6-,7+/m0/s1.